The van der Waals surface area contributed by atoms with E-state index >= 15 is 0 Å². The summed E-state index contributed by atoms with van der Waals surface area (Å²) in [4.78, 5) is 8.84. The minimum absolute atomic E-state index is 0. The number of hydrogen-bond acceptors (Lipinski definition) is 8. The van der Waals surface area contributed by atoms with Crippen LogP contribution >= 0.6 is 24.8 Å². The number of nitrogens with zero attached hydrogens (tertiary/aromatic N) is 4. The second-order valence-corrected chi connectivity index (χ2v) is 13.5. The number of rotatable bonds is 4. The average Bonchev–Trinajstić information content (AvgIpc) is 3.44. The lowest BCUT2D eigenvalue weighted by molar-refractivity contribution is 0.432. The molecule has 2 fully saturated rings. The number of aromatic nitrogens is 2. The summed E-state index contributed by atoms with van der Waals surface area (Å²) in [5, 5.41) is 9.61. The second-order valence-electron chi connectivity index (χ2n) is 9.72. The zero-order valence-corrected chi connectivity index (χ0v) is 29.8. The number of benzene rings is 2. The Bertz CT molecular complexity index is 1560. The highest BCUT2D eigenvalue weighted by Crippen LogP contribution is 2.26. The number of nitrogens with one attached hydrogen (secondary N) is 2. The summed E-state index contributed by atoms with van der Waals surface area (Å²) in [5.74, 6) is 0. The molecule has 2 aliphatic heterocycles. The second kappa shape index (κ2) is 25.3. The van der Waals surface area contributed by atoms with Gasteiger partial charge in [-0.1, -0.05) is 24.3 Å². The van der Waals surface area contributed by atoms with Crippen molar-refractivity contribution in [3.05, 3.63) is 73.3 Å². The number of hydrogen-bond donors (Lipinski definition) is 2. The van der Waals surface area contributed by atoms with Crippen LogP contribution in [0.2, 0.25) is 0 Å². The van der Waals surface area contributed by atoms with Crippen molar-refractivity contribution in [2.45, 2.75) is 22.6 Å². The first-order chi connectivity index (χ1) is 19.4. The van der Waals surface area contributed by atoms with Gasteiger partial charge in [0, 0.05) is 85.6 Å². The van der Waals surface area contributed by atoms with Crippen molar-refractivity contribution in [3.8, 4) is 0 Å². The van der Waals surface area contributed by atoms with E-state index in [1.54, 1.807) is 69.8 Å². The van der Waals surface area contributed by atoms with Gasteiger partial charge in [-0.2, -0.15) is 8.61 Å². The number of fused-ring (bicyclic) bond motifs is 2. The molecule has 4 heterocycles. The molecular weight excluding hydrogens is 731 g/mol. The minimum Gasteiger partial charge on any atom is -0.412 e. The maximum atomic E-state index is 12.8. The summed E-state index contributed by atoms with van der Waals surface area (Å²) in [7, 11) is -6.89. The third-order valence-electron chi connectivity index (χ3n) is 7.12. The van der Waals surface area contributed by atoms with Crippen molar-refractivity contribution >= 4 is 66.4 Å². The fourth-order valence-corrected chi connectivity index (χ4v) is 8.42. The van der Waals surface area contributed by atoms with Gasteiger partial charge in [0.15, 0.2) is 0 Å². The van der Waals surface area contributed by atoms with Crippen molar-refractivity contribution < 1.29 is 55.2 Å². The van der Waals surface area contributed by atoms with E-state index < -0.39 is 20.0 Å². The van der Waals surface area contributed by atoms with Gasteiger partial charge in [0.05, 0.1) is 9.79 Å². The van der Waals surface area contributed by atoms with E-state index in [0.717, 1.165) is 47.5 Å². The molecule has 0 spiro atoms. The Balaban J connectivity index is -0.000000223. The van der Waals surface area contributed by atoms with Crippen molar-refractivity contribution in [1.82, 2.24) is 29.2 Å². The van der Waals surface area contributed by atoms with E-state index in [1.807, 2.05) is 12.1 Å². The van der Waals surface area contributed by atoms with E-state index in [9.17, 15) is 16.8 Å². The van der Waals surface area contributed by atoms with Crippen molar-refractivity contribution in [2.24, 2.45) is 0 Å². The van der Waals surface area contributed by atoms with E-state index in [2.05, 4.69) is 20.6 Å². The van der Waals surface area contributed by atoms with E-state index in [-0.39, 0.29) is 63.1 Å². The van der Waals surface area contributed by atoms with Crippen LogP contribution in [0.3, 0.4) is 0 Å². The van der Waals surface area contributed by atoms with Gasteiger partial charge in [-0.3, -0.25) is 9.97 Å². The van der Waals surface area contributed by atoms with Gasteiger partial charge in [0.25, 0.3) is 0 Å². The predicted octanol–water partition coefficient (Wildman–Crippen LogP) is -2.49. The topological polar surface area (TPSA) is 345 Å². The molecule has 0 saturated carbocycles. The van der Waals surface area contributed by atoms with Gasteiger partial charge in [0.2, 0.25) is 20.0 Å². The van der Waals surface area contributed by atoms with E-state index in [1.165, 1.54) is 0 Å². The summed E-state index contributed by atoms with van der Waals surface area (Å²) in [6.45, 7) is 5.30. The van der Waals surface area contributed by atoms with Crippen LogP contribution in [-0.2, 0) is 20.0 Å². The van der Waals surface area contributed by atoms with Crippen molar-refractivity contribution in [2.75, 3.05) is 52.4 Å². The molecule has 284 valence electrons. The molecule has 17 nitrogen and oxygen atoms in total. The third kappa shape index (κ3) is 12.8. The summed E-state index contributed by atoms with van der Waals surface area (Å²) in [6, 6.07) is 14.2. The molecule has 16 N–H and O–H groups in total. The Morgan fingerprint density at radius 2 is 0.878 bits per heavy atom. The van der Waals surface area contributed by atoms with Gasteiger partial charge in [-0.25, -0.2) is 16.8 Å². The lowest BCUT2D eigenvalue weighted by Crippen LogP contribution is -2.34. The molecule has 0 radical (unpaired) electrons. The first-order valence-corrected chi connectivity index (χ1v) is 16.3. The summed E-state index contributed by atoms with van der Waals surface area (Å²) >= 11 is 0. The fourth-order valence-electron chi connectivity index (χ4n) is 5.04. The summed E-state index contributed by atoms with van der Waals surface area (Å²) in [6.07, 6.45) is 8.32. The van der Waals surface area contributed by atoms with Crippen LogP contribution in [0.1, 0.15) is 12.8 Å². The van der Waals surface area contributed by atoms with Gasteiger partial charge in [-0.05, 0) is 50.2 Å². The largest absolute Gasteiger partial charge is 0.412 e. The highest BCUT2D eigenvalue weighted by atomic mass is 35.5. The molecule has 2 aromatic heterocycles. The normalized spacial score (nSPS) is 14.7. The molecule has 2 saturated heterocycles. The fraction of sp³-hybridized carbons (Fsp3) is 0.357. The smallest absolute Gasteiger partial charge is 0.243 e. The monoisotopic (exact) mass is 780 g/mol. The Morgan fingerprint density at radius 1 is 0.510 bits per heavy atom. The van der Waals surface area contributed by atoms with Crippen LogP contribution < -0.4 is 10.6 Å². The minimum atomic E-state index is -3.45. The molecule has 2 aromatic carbocycles. The van der Waals surface area contributed by atoms with E-state index in [0.29, 0.717) is 49.1 Å². The molecule has 0 aliphatic carbocycles. The molecule has 6 rings (SSSR count). The first kappa shape index (κ1) is 55.7. The van der Waals surface area contributed by atoms with E-state index in [4.69, 9.17) is 0 Å². The average molecular weight is 782 g/mol. The molecule has 0 atom stereocenters. The Kier molecular flexibility index (Phi) is 28.7. The standard InChI is InChI=1S/2C14H17N3O2S.2ClH.7H2O/c2*18-20(19,17-9-2-6-15-8-10-17)14-4-1-3-12-11-16-7-5-13(12)14;;;;;;;;;/h2*1,3-5,7,11,15H,2,6,8-10H2;2*1H;7*1H2. The summed E-state index contributed by atoms with van der Waals surface area (Å²) in [5.41, 5.74) is 0. The van der Waals surface area contributed by atoms with Gasteiger partial charge in [-0.15, -0.1) is 24.8 Å². The Hall–Kier alpha value is -2.70. The lowest BCUT2D eigenvalue weighted by atomic mass is 10.2. The first-order valence-electron chi connectivity index (χ1n) is 13.5. The van der Waals surface area contributed by atoms with Gasteiger partial charge in [0.1, 0.15) is 0 Å². The molecule has 0 bridgehead atoms. The van der Waals surface area contributed by atoms with Crippen LogP contribution in [-0.4, -0.2) is 126 Å². The molecule has 2 aliphatic rings. The molecule has 0 amide bonds. The molecular formula is C28H50Cl2N6O11S2. The molecule has 0 unspecified atom stereocenters. The highest BCUT2D eigenvalue weighted by Gasteiger charge is 2.27. The maximum absolute atomic E-state index is 12.8. The zero-order valence-electron chi connectivity index (χ0n) is 26.6. The zero-order chi connectivity index (χ0) is 28.0. The lowest BCUT2D eigenvalue weighted by Gasteiger charge is -2.20. The Labute approximate surface area is 298 Å². The number of sulfonamides is 2. The number of halogens is 2. The van der Waals surface area contributed by atoms with Crippen LogP contribution in [0, 0.1) is 0 Å². The SMILES string of the molecule is Cl.Cl.O.O.O.O.O.O.O.O=S(=O)(c1cccc2cnccc12)N1CCCNCC1.O=S(=O)(c1cccc2cnccc12)N1CCCNCC1. The number of pyridine rings is 2. The van der Waals surface area contributed by atoms with Crippen molar-refractivity contribution in [1.29, 1.82) is 0 Å². The van der Waals surface area contributed by atoms with Crippen molar-refractivity contribution in [3.63, 3.8) is 0 Å². The molecule has 21 heteroatoms. The highest BCUT2D eigenvalue weighted by molar-refractivity contribution is 7.89. The van der Waals surface area contributed by atoms with Gasteiger partial charge < -0.3 is 49.0 Å². The quantitative estimate of drug-likeness (QED) is 0.222. The van der Waals surface area contributed by atoms with Crippen LogP contribution in [0.4, 0.5) is 0 Å². The Morgan fingerprint density at radius 3 is 1.24 bits per heavy atom. The predicted molar refractivity (Wildman–Crippen MR) is 196 cm³/mol. The van der Waals surface area contributed by atoms with Crippen LogP contribution in [0.15, 0.2) is 83.1 Å². The van der Waals surface area contributed by atoms with Crippen LogP contribution in [0.5, 0.6) is 0 Å². The van der Waals surface area contributed by atoms with Gasteiger partial charge >= 0.3 is 0 Å². The molecule has 4 aromatic rings. The maximum Gasteiger partial charge on any atom is 0.243 e. The van der Waals surface area contributed by atoms with Crippen LogP contribution in [0.25, 0.3) is 21.5 Å². The third-order valence-corrected chi connectivity index (χ3v) is 11.0. The summed E-state index contributed by atoms with van der Waals surface area (Å²) < 4.78 is 54.5. The molecule has 49 heavy (non-hydrogen) atoms.